The molecule has 0 spiro atoms. The van der Waals surface area contributed by atoms with Gasteiger partial charge in [-0.3, -0.25) is 4.79 Å². The van der Waals surface area contributed by atoms with Gasteiger partial charge in [-0.1, -0.05) is 6.92 Å². The molecular weight excluding hydrogens is 334 g/mol. The number of furan rings is 1. The molecule has 2 aromatic rings. The number of urea groups is 1. The zero-order valence-corrected chi connectivity index (χ0v) is 15.2. The van der Waals surface area contributed by atoms with Crippen molar-refractivity contribution < 1.29 is 14.0 Å². The van der Waals surface area contributed by atoms with E-state index in [1.807, 2.05) is 13.8 Å². The van der Waals surface area contributed by atoms with E-state index in [-0.39, 0.29) is 18.0 Å². The molecule has 3 rings (SSSR count). The molecule has 1 aliphatic heterocycles. The molecule has 26 heavy (non-hydrogen) atoms. The molecule has 1 aliphatic rings. The van der Waals surface area contributed by atoms with Crippen LogP contribution >= 0.6 is 0 Å². The first-order chi connectivity index (χ1) is 12.6. The molecule has 1 fully saturated rings. The standard InChI is InChI=1S/C18H25N5O3/c1-3-15(16-19-11-13(2)20-16)21-18(25)23-7-4-6-22(8-9-23)17(24)14-5-10-26-12-14/h5,10-12,15H,3-4,6-9H2,1-2H3,(H,19,20)(H,21,25)/t15-/m0/s1. The lowest BCUT2D eigenvalue weighted by Crippen LogP contribution is -2.44. The molecule has 3 amide bonds. The number of aryl methyl sites for hydroxylation is 1. The highest BCUT2D eigenvalue weighted by molar-refractivity contribution is 5.93. The van der Waals surface area contributed by atoms with Gasteiger partial charge in [0.2, 0.25) is 0 Å². The predicted octanol–water partition coefficient (Wildman–Crippen LogP) is 2.32. The molecule has 1 saturated heterocycles. The average molecular weight is 359 g/mol. The number of carbonyl (C=O) groups excluding carboxylic acids is 2. The Morgan fingerprint density at radius 1 is 1.31 bits per heavy atom. The van der Waals surface area contributed by atoms with Gasteiger partial charge in [-0.05, 0) is 25.8 Å². The maximum absolute atomic E-state index is 12.7. The number of aromatic amines is 1. The smallest absolute Gasteiger partial charge is 0.318 e. The Labute approximate surface area is 152 Å². The van der Waals surface area contributed by atoms with Gasteiger partial charge >= 0.3 is 6.03 Å². The number of nitrogens with one attached hydrogen (secondary N) is 2. The van der Waals surface area contributed by atoms with E-state index in [0.717, 1.165) is 24.4 Å². The zero-order chi connectivity index (χ0) is 18.5. The minimum atomic E-state index is -0.150. The number of hydrogen-bond donors (Lipinski definition) is 2. The number of imidazole rings is 1. The fourth-order valence-electron chi connectivity index (χ4n) is 3.11. The van der Waals surface area contributed by atoms with Crippen molar-refractivity contribution in [3.8, 4) is 0 Å². The van der Waals surface area contributed by atoms with Crippen molar-refractivity contribution >= 4 is 11.9 Å². The summed E-state index contributed by atoms with van der Waals surface area (Å²) in [5.74, 6) is 0.712. The van der Waals surface area contributed by atoms with Crippen LogP contribution in [0, 0.1) is 6.92 Å². The quantitative estimate of drug-likeness (QED) is 0.876. The maximum Gasteiger partial charge on any atom is 0.318 e. The van der Waals surface area contributed by atoms with Crippen molar-refractivity contribution in [1.82, 2.24) is 25.1 Å². The Kier molecular flexibility index (Phi) is 5.60. The van der Waals surface area contributed by atoms with Crippen LogP contribution < -0.4 is 5.32 Å². The molecule has 0 unspecified atom stereocenters. The summed E-state index contributed by atoms with van der Waals surface area (Å²) in [4.78, 5) is 36.1. The number of nitrogens with zero attached hydrogens (tertiary/aromatic N) is 3. The first-order valence-corrected chi connectivity index (χ1v) is 8.97. The van der Waals surface area contributed by atoms with Gasteiger partial charge in [0.05, 0.1) is 17.9 Å². The molecule has 0 aliphatic carbocycles. The van der Waals surface area contributed by atoms with Crippen LogP contribution in [0.3, 0.4) is 0 Å². The van der Waals surface area contributed by atoms with E-state index in [4.69, 9.17) is 4.42 Å². The van der Waals surface area contributed by atoms with Crippen LogP contribution in [0.5, 0.6) is 0 Å². The monoisotopic (exact) mass is 359 g/mol. The van der Waals surface area contributed by atoms with Crippen LogP contribution in [-0.4, -0.2) is 57.9 Å². The van der Waals surface area contributed by atoms with Gasteiger partial charge in [0, 0.05) is 38.1 Å². The lowest BCUT2D eigenvalue weighted by Gasteiger charge is -2.24. The molecule has 3 heterocycles. The number of aromatic nitrogens is 2. The van der Waals surface area contributed by atoms with Crippen LogP contribution in [0.25, 0.3) is 0 Å². The second-order valence-corrected chi connectivity index (χ2v) is 6.51. The van der Waals surface area contributed by atoms with Crippen LogP contribution in [0.1, 0.15) is 47.7 Å². The Morgan fingerprint density at radius 2 is 2.08 bits per heavy atom. The number of amides is 3. The van der Waals surface area contributed by atoms with Crippen LogP contribution in [0.15, 0.2) is 29.2 Å². The lowest BCUT2D eigenvalue weighted by atomic mass is 10.2. The van der Waals surface area contributed by atoms with E-state index < -0.39 is 0 Å². The topological polar surface area (TPSA) is 94.5 Å². The fourth-order valence-corrected chi connectivity index (χ4v) is 3.11. The summed E-state index contributed by atoms with van der Waals surface area (Å²) in [5, 5.41) is 3.04. The summed E-state index contributed by atoms with van der Waals surface area (Å²) >= 11 is 0. The second-order valence-electron chi connectivity index (χ2n) is 6.51. The van der Waals surface area contributed by atoms with E-state index in [0.29, 0.717) is 31.7 Å². The summed E-state index contributed by atoms with van der Waals surface area (Å²) in [6.07, 6.45) is 6.20. The third-order valence-corrected chi connectivity index (χ3v) is 4.60. The lowest BCUT2D eigenvalue weighted by molar-refractivity contribution is 0.0761. The van der Waals surface area contributed by atoms with Crippen molar-refractivity contribution in [2.45, 2.75) is 32.7 Å². The van der Waals surface area contributed by atoms with Crippen LogP contribution in [0.4, 0.5) is 4.79 Å². The predicted molar refractivity (Wildman–Crippen MR) is 95.7 cm³/mol. The highest BCUT2D eigenvalue weighted by Gasteiger charge is 2.25. The van der Waals surface area contributed by atoms with Gasteiger partial charge in [0.25, 0.3) is 5.91 Å². The van der Waals surface area contributed by atoms with Crippen molar-refractivity contribution in [3.63, 3.8) is 0 Å². The van der Waals surface area contributed by atoms with Crippen LogP contribution in [0.2, 0.25) is 0 Å². The first-order valence-electron chi connectivity index (χ1n) is 8.97. The third kappa shape index (κ3) is 4.07. The number of H-pyrrole nitrogens is 1. The van der Waals surface area contributed by atoms with Crippen molar-refractivity contribution in [2.75, 3.05) is 26.2 Å². The molecule has 0 bridgehead atoms. The SMILES string of the molecule is CC[C@H](NC(=O)N1CCCN(C(=O)c2ccoc2)CC1)c1ncc(C)[nH]1. The Bertz CT molecular complexity index is 740. The largest absolute Gasteiger partial charge is 0.472 e. The minimum absolute atomic E-state index is 0.0569. The number of hydrogen-bond acceptors (Lipinski definition) is 4. The van der Waals surface area contributed by atoms with Crippen molar-refractivity contribution in [2.24, 2.45) is 0 Å². The average Bonchev–Trinajstić information content (AvgIpc) is 3.25. The molecule has 140 valence electrons. The second kappa shape index (κ2) is 8.07. The Balaban J connectivity index is 1.58. The molecule has 8 nitrogen and oxygen atoms in total. The van der Waals surface area contributed by atoms with Gasteiger partial charge in [-0.25, -0.2) is 9.78 Å². The third-order valence-electron chi connectivity index (χ3n) is 4.60. The highest BCUT2D eigenvalue weighted by atomic mass is 16.3. The van der Waals surface area contributed by atoms with E-state index >= 15 is 0 Å². The molecule has 2 aromatic heterocycles. The maximum atomic E-state index is 12.7. The molecule has 2 N–H and O–H groups in total. The van der Waals surface area contributed by atoms with E-state index in [2.05, 4.69) is 15.3 Å². The highest BCUT2D eigenvalue weighted by Crippen LogP contribution is 2.15. The fraction of sp³-hybridized carbons (Fsp3) is 0.500. The first kappa shape index (κ1) is 18.0. The number of rotatable bonds is 4. The summed E-state index contributed by atoms with van der Waals surface area (Å²) in [6, 6.07) is 1.39. The Morgan fingerprint density at radius 3 is 2.73 bits per heavy atom. The number of carbonyl (C=O) groups is 2. The summed E-state index contributed by atoms with van der Waals surface area (Å²) < 4.78 is 4.99. The molecule has 1 atom stereocenters. The molecule has 0 saturated carbocycles. The molecule has 0 radical (unpaired) electrons. The normalized spacial score (nSPS) is 16.2. The minimum Gasteiger partial charge on any atom is -0.472 e. The summed E-state index contributed by atoms with van der Waals surface area (Å²) in [6.45, 7) is 6.20. The van der Waals surface area contributed by atoms with Crippen LogP contribution in [-0.2, 0) is 0 Å². The summed E-state index contributed by atoms with van der Waals surface area (Å²) in [7, 11) is 0. The van der Waals surface area contributed by atoms with Gasteiger partial charge in [-0.2, -0.15) is 0 Å². The van der Waals surface area contributed by atoms with E-state index in [9.17, 15) is 9.59 Å². The molecule has 0 aromatic carbocycles. The van der Waals surface area contributed by atoms with Gasteiger partial charge in [0.15, 0.2) is 0 Å². The molecular formula is C18H25N5O3. The Hall–Kier alpha value is -2.77. The van der Waals surface area contributed by atoms with E-state index in [1.54, 1.807) is 22.1 Å². The summed E-state index contributed by atoms with van der Waals surface area (Å²) in [5.41, 5.74) is 1.51. The van der Waals surface area contributed by atoms with Gasteiger partial charge < -0.3 is 24.5 Å². The zero-order valence-electron chi connectivity index (χ0n) is 15.2. The molecule has 8 heteroatoms. The van der Waals surface area contributed by atoms with Gasteiger partial charge in [0.1, 0.15) is 12.1 Å². The van der Waals surface area contributed by atoms with E-state index in [1.165, 1.54) is 12.5 Å². The van der Waals surface area contributed by atoms with Gasteiger partial charge in [-0.15, -0.1) is 0 Å². The van der Waals surface area contributed by atoms with Crippen molar-refractivity contribution in [1.29, 1.82) is 0 Å². The van der Waals surface area contributed by atoms with Crippen molar-refractivity contribution in [3.05, 3.63) is 41.9 Å².